The number of pyridine rings is 1. The van der Waals surface area contributed by atoms with Crippen LogP contribution in [-0.2, 0) is 0 Å². The number of nitrogens with zero attached hydrogens (tertiary/aromatic N) is 7. The lowest BCUT2D eigenvalue weighted by molar-refractivity contribution is 0.402. The van der Waals surface area contributed by atoms with Gasteiger partial charge in [0.25, 0.3) is 0 Å². The van der Waals surface area contributed by atoms with Crippen molar-refractivity contribution < 1.29 is 4.74 Å². The molecule has 2 aromatic carbocycles. The van der Waals surface area contributed by atoms with Crippen LogP contribution in [0.5, 0.6) is 11.8 Å². The molecule has 0 unspecified atom stereocenters. The third-order valence-electron chi connectivity index (χ3n) is 6.38. The number of rotatable bonds is 3. The molecule has 0 radical (unpaired) electrons. The normalized spacial score (nSPS) is 14.3. The SMILES string of the molecule is Cc1nn(-c2ccccc2)c2c1[C@@H](c1ccccc1Cl)c1c(ncn3nc(-c4ccncc4)nc13)O2. The fourth-order valence-electron chi connectivity index (χ4n) is 4.77. The van der Waals surface area contributed by atoms with Crippen molar-refractivity contribution in [3.05, 3.63) is 113 Å². The molecule has 5 heterocycles. The minimum Gasteiger partial charge on any atom is -0.420 e. The summed E-state index contributed by atoms with van der Waals surface area (Å²) in [6, 6.07) is 21.5. The standard InChI is InChI=1S/C27H18ClN7O/c1-16-21-22(19-9-5-6-10-20(19)28)23-25-31-24(17-11-13-29-14-12-17)33-34(25)15-30-26(23)36-27(21)35(32-16)18-7-3-2-4-8-18/h2-15,22H,1H3/t22-/m1/s1. The monoisotopic (exact) mass is 491 g/mol. The lowest BCUT2D eigenvalue weighted by atomic mass is 9.84. The molecule has 6 aromatic rings. The minimum atomic E-state index is -0.305. The van der Waals surface area contributed by atoms with E-state index in [1.165, 1.54) is 0 Å². The molecule has 0 spiro atoms. The highest BCUT2D eigenvalue weighted by Gasteiger charge is 2.38. The van der Waals surface area contributed by atoms with E-state index in [0.29, 0.717) is 28.3 Å². The maximum absolute atomic E-state index is 6.78. The average Bonchev–Trinajstić information content (AvgIpc) is 3.50. The van der Waals surface area contributed by atoms with Crippen molar-refractivity contribution in [2.24, 2.45) is 0 Å². The Bertz CT molecular complexity index is 1750. The fourth-order valence-corrected chi connectivity index (χ4v) is 5.01. The van der Waals surface area contributed by atoms with Crippen LogP contribution in [0.2, 0.25) is 5.02 Å². The predicted molar refractivity (Wildman–Crippen MR) is 135 cm³/mol. The molecular formula is C27H18ClN7O. The van der Waals surface area contributed by atoms with E-state index in [1.807, 2.05) is 78.3 Å². The number of benzene rings is 2. The quantitative estimate of drug-likeness (QED) is 0.319. The first-order valence-corrected chi connectivity index (χ1v) is 11.8. The Hall–Kier alpha value is -4.56. The minimum absolute atomic E-state index is 0.305. The van der Waals surface area contributed by atoms with Crippen molar-refractivity contribution in [2.45, 2.75) is 12.8 Å². The Labute approximate surface area is 210 Å². The van der Waals surface area contributed by atoms with Crippen molar-refractivity contribution in [1.82, 2.24) is 34.3 Å². The highest BCUT2D eigenvalue weighted by molar-refractivity contribution is 6.31. The van der Waals surface area contributed by atoms with Gasteiger partial charge in [0.15, 0.2) is 11.5 Å². The van der Waals surface area contributed by atoms with Crippen LogP contribution >= 0.6 is 11.6 Å². The number of fused-ring (bicyclic) bond motifs is 4. The number of aryl methyl sites for hydroxylation is 1. The molecule has 0 fully saturated rings. The summed E-state index contributed by atoms with van der Waals surface area (Å²) in [4.78, 5) is 13.6. The van der Waals surface area contributed by atoms with E-state index in [4.69, 9.17) is 26.4 Å². The molecule has 4 aromatic heterocycles. The van der Waals surface area contributed by atoms with Gasteiger partial charge >= 0.3 is 0 Å². The van der Waals surface area contributed by atoms with E-state index in [-0.39, 0.29) is 5.92 Å². The summed E-state index contributed by atoms with van der Waals surface area (Å²) in [5.74, 6) is 1.33. The van der Waals surface area contributed by atoms with E-state index < -0.39 is 0 Å². The molecule has 1 aliphatic heterocycles. The van der Waals surface area contributed by atoms with Gasteiger partial charge in [0, 0.05) is 23.0 Å². The average molecular weight is 492 g/mol. The summed E-state index contributed by atoms with van der Waals surface area (Å²) in [7, 11) is 0. The van der Waals surface area contributed by atoms with Gasteiger partial charge in [-0.25, -0.2) is 19.2 Å². The van der Waals surface area contributed by atoms with Gasteiger partial charge in [0.2, 0.25) is 11.8 Å². The Balaban J connectivity index is 1.52. The Morgan fingerprint density at radius 1 is 0.889 bits per heavy atom. The smallest absolute Gasteiger partial charge is 0.230 e. The lowest BCUT2D eigenvalue weighted by Gasteiger charge is -2.27. The zero-order valence-corrected chi connectivity index (χ0v) is 19.8. The largest absolute Gasteiger partial charge is 0.420 e. The van der Waals surface area contributed by atoms with Crippen molar-refractivity contribution >= 4 is 17.2 Å². The molecule has 1 aliphatic rings. The number of ether oxygens (including phenoxy) is 1. The Morgan fingerprint density at radius 2 is 1.67 bits per heavy atom. The molecule has 36 heavy (non-hydrogen) atoms. The molecular weight excluding hydrogens is 474 g/mol. The van der Waals surface area contributed by atoms with Gasteiger partial charge in [-0.3, -0.25) is 4.98 Å². The molecule has 0 saturated carbocycles. The van der Waals surface area contributed by atoms with Crippen LogP contribution in [0.15, 0.2) is 85.5 Å². The first-order chi connectivity index (χ1) is 17.7. The maximum Gasteiger partial charge on any atom is 0.230 e. The van der Waals surface area contributed by atoms with Gasteiger partial charge in [0.05, 0.1) is 28.4 Å². The fraction of sp³-hybridized carbons (Fsp3) is 0.0741. The molecule has 0 saturated heterocycles. The Kier molecular flexibility index (Phi) is 4.62. The number of halogens is 1. The van der Waals surface area contributed by atoms with Gasteiger partial charge in [-0.05, 0) is 42.8 Å². The summed E-state index contributed by atoms with van der Waals surface area (Å²) in [6.07, 6.45) is 5.06. The maximum atomic E-state index is 6.78. The van der Waals surface area contributed by atoms with E-state index in [1.54, 1.807) is 23.2 Å². The van der Waals surface area contributed by atoms with Gasteiger partial charge in [-0.2, -0.15) is 5.10 Å². The number of para-hydroxylation sites is 1. The zero-order chi connectivity index (χ0) is 24.2. The topological polar surface area (TPSA) is 83.0 Å². The highest BCUT2D eigenvalue weighted by atomic mass is 35.5. The summed E-state index contributed by atoms with van der Waals surface area (Å²) in [5.41, 5.74) is 5.87. The van der Waals surface area contributed by atoms with Gasteiger partial charge in [0.1, 0.15) is 6.33 Å². The molecule has 1 atom stereocenters. The van der Waals surface area contributed by atoms with E-state index in [0.717, 1.165) is 33.6 Å². The first-order valence-electron chi connectivity index (χ1n) is 11.4. The number of aromatic nitrogens is 7. The van der Waals surface area contributed by atoms with Gasteiger partial charge in [-0.1, -0.05) is 48.0 Å². The van der Waals surface area contributed by atoms with Gasteiger partial charge < -0.3 is 4.74 Å². The van der Waals surface area contributed by atoms with Crippen LogP contribution in [0.1, 0.15) is 28.3 Å². The van der Waals surface area contributed by atoms with E-state index in [9.17, 15) is 0 Å². The first kappa shape index (κ1) is 20.8. The molecule has 7 rings (SSSR count). The number of hydrogen-bond donors (Lipinski definition) is 0. The molecule has 0 amide bonds. The van der Waals surface area contributed by atoms with Crippen molar-refractivity contribution in [3.8, 4) is 28.8 Å². The summed E-state index contributed by atoms with van der Waals surface area (Å²) < 4.78 is 9.95. The van der Waals surface area contributed by atoms with Crippen LogP contribution in [0.4, 0.5) is 0 Å². The second kappa shape index (κ2) is 8.00. The van der Waals surface area contributed by atoms with Crippen molar-refractivity contribution in [3.63, 3.8) is 0 Å². The highest BCUT2D eigenvalue weighted by Crippen LogP contribution is 2.50. The van der Waals surface area contributed by atoms with Crippen LogP contribution in [-0.4, -0.2) is 34.3 Å². The predicted octanol–water partition coefficient (Wildman–Crippen LogP) is 5.62. The van der Waals surface area contributed by atoms with E-state index >= 15 is 0 Å². The molecule has 0 N–H and O–H groups in total. The third kappa shape index (κ3) is 3.11. The second-order valence-electron chi connectivity index (χ2n) is 8.51. The van der Waals surface area contributed by atoms with Gasteiger partial charge in [-0.15, -0.1) is 5.10 Å². The third-order valence-corrected chi connectivity index (χ3v) is 6.72. The second-order valence-corrected chi connectivity index (χ2v) is 8.92. The number of hydrogen-bond acceptors (Lipinski definition) is 6. The van der Waals surface area contributed by atoms with Crippen molar-refractivity contribution in [1.29, 1.82) is 0 Å². The summed E-state index contributed by atoms with van der Waals surface area (Å²) in [6.45, 7) is 1.98. The molecule has 174 valence electrons. The van der Waals surface area contributed by atoms with Crippen LogP contribution in [0.25, 0.3) is 22.7 Å². The molecule has 0 bridgehead atoms. The zero-order valence-electron chi connectivity index (χ0n) is 19.1. The van der Waals surface area contributed by atoms with Crippen LogP contribution in [0.3, 0.4) is 0 Å². The molecule has 9 heteroatoms. The Morgan fingerprint density at radius 3 is 2.47 bits per heavy atom. The van der Waals surface area contributed by atoms with E-state index in [2.05, 4.69) is 15.1 Å². The summed E-state index contributed by atoms with van der Waals surface area (Å²) >= 11 is 6.78. The summed E-state index contributed by atoms with van der Waals surface area (Å²) in [5, 5.41) is 10.2. The molecule has 8 nitrogen and oxygen atoms in total. The lowest BCUT2D eigenvalue weighted by Crippen LogP contribution is -2.16. The molecule has 0 aliphatic carbocycles. The van der Waals surface area contributed by atoms with Crippen molar-refractivity contribution in [2.75, 3.05) is 0 Å². The van der Waals surface area contributed by atoms with Crippen LogP contribution < -0.4 is 4.74 Å². The van der Waals surface area contributed by atoms with Crippen LogP contribution in [0, 0.1) is 6.92 Å².